The van der Waals surface area contributed by atoms with Crippen LogP contribution >= 0.6 is 23.1 Å². The minimum Gasteiger partial charge on any atom is -0.370 e. The number of primary amides is 1. The summed E-state index contributed by atoms with van der Waals surface area (Å²) in [4.78, 5) is 24.3. The van der Waals surface area contributed by atoms with E-state index in [1.54, 1.807) is 4.57 Å². The number of anilines is 1. The van der Waals surface area contributed by atoms with Crippen LogP contribution in [-0.2, 0) is 26.2 Å². The van der Waals surface area contributed by atoms with Crippen molar-refractivity contribution < 1.29 is 18.0 Å². The van der Waals surface area contributed by atoms with E-state index < -0.39 is 15.9 Å². The molecule has 2 heterocycles. The number of aromatic nitrogens is 3. The quantitative estimate of drug-likeness (QED) is 0.400. The maximum Gasteiger partial charge on any atom is 0.238 e. The summed E-state index contributed by atoms with van der Waals surface area (Å²) >= 11 is 2.65. The number of carbonyl (C=O) groups is 2. The molecule has 3 aromatic rings. The normalized spacial score (nSPS) is 11.4. The number of benzene rings is 1. The number of thiophene rings is 1. The van der Waals surface area contributed by atoms with Crippen LogP contribution in [0.25, 0.3) is 10.7 Å². The van der Waals surface area contributed by atoms with Crippen molar-refractivity contribution in [2.45, 2.75) is 23.0 Å². The van der Waals surface area contributed by atoms with Gasteiger partial charge in [-0.1, -0.05) is 17.8 Å². The molecule has 3 rings (SSSR count). The van der Waals surface area contributed by atoms with Crippen LogP contribution in [0.15, 0.2) is 51.8 Å². The highest BCUT2D eigenvalue weighted by atomic mass is 32.2. The molecule has 13 heteroatoms. The van der Waals surface area contributed by atoms with Gasteiger partial charge in [-0.15, -0.1) is 21.5 Å². The van der Waals surface area contributed by atoms with Crippen molar-refractivity contribution in [3.8, 4) is 10.7 Å². The Kier molecular flexibility index (Phi) is 6.87. The maximum atomic E-state index is 12.3. The number of thioether (sulfide) groups is 1. The number of rotatable bonds is 9. The SMILES string of the molecule is NC(=O)CCn1c(SCC(=O)Nc2ccc(S(N)(=O)=O)cc2)nnc1-c1cccs1. The number of amides is 2. The zero-order valence-electron chi connectivity index (χ0n) is 15.5. The minimum absolute atomic E-state index is 0.0378. The van der Waals surface area contributed by atoms with Crippen LogP contribution in [0.5, 0.6) is 0 Å². The molecule has 0 spiro atoms. The lowest BCUT2D eigenvalue weighted by Crippen LogP contribution is -2.17. The summed E-state index contributed by atoms with van der Waals surface area (Å²) in [5.74, 6) is -0.119. The summed E-state index contributed by atoms with van der Waals surface area (Å²) in [5, 5.41) is 18.4. The molecular weight excluding hydrogens is 448 g/mol. The summed E-state index contributed by atoms with van der Waals surface area (Å²) in [6.07, 6.45) is 0.118. The molecule has 2 aromatic heterocycles. The van der Waals surface area contributed by atoms with E-state index in [4.69, 9.17) is 10.9 Å². The molecule has 0 unspecified atom stereocenters. The van der Waals surface area contributed by atoms with Gasteiger partial charge in [0, 0.05) is 18.7 Å². The average molecular weight is 467 g/mol. The standard InChI is InChI=1S/C17H18N6O4S3/c18-14(24)7-8-23-16(13-2-1-9-28-13)21-22-17(23)29-10-15(25)20-11-3-5-12(6-4-11)30(19,26)27/h1-6,9H,7-8,10H2,(H2,18,24)(H,20,25)(H2,19,26,27). The van der Waals surface area contributed by atoms with E-state index in [0.29, 0.717) is 23.2 Å². The second-order valence-electron chi connectivity index (χ2n) is 6.06. The number of nitrogens with one attached hydrogen (secondary N) is 1. The molecule has 1 aromatic carbocycles. The highest BCUT2D eigenvalue weighted by Crippen LogP contribution is 2.27. The van der Waals surface area contributed by atoms with E-state index in [9.17, 15) is 18.0 Å². The van der Waals surface area contributed by atoms with Gasteiger partial charge in [0.2, 0.25) is 21.8 Å². The van der Waals surface area contributed by atoms with Gasteiger partial charge in [-0.05, 0) is 35.7 Å². The molecule has 5 N–H and O–H groups in total. The van der Waals surface area contributed by atoms with Crippen LogP contribution in [0.2, 0.25) is 0 Å². The molecule has 0 aliphatic carbocycles. The van der Waals surface area contributed by atoms with Gasteiger partial charge in [-0.2, -0.15) is 0 Å². The maximum absolute atomic E-state index is 12.3. The Morgan fingerprint density at radius 2 is 1.90 bits per heavy atom. The molecule has 0 fully saturated rings. The van der Waals surface area contributed by atoms with Gasteiger partial charge >= 0.3 is 0 Å². The van der Waals surface area contributed by atoms with E-state index in [1.807, 2.05) is 17.5 Å². The Hall–Kier alpha value is -2.74. The summed E-state index contributed by atoms with van der Waals surface area (Å²) < 4.78 is 24.3. The van der Waals surface area contributed by atoms with Crippen molar-refractivity contribution in [1.29, 1.82) is 0 Å². The van der Waals surface area contributed by atoms with Crippen LogP contribution in [-0.4, -0.2) is 40.7 Å². The minimum atomic E-state index is -3.79. The third-order valence-electron chi connectivity index (χ3n) is 3.84. The monoisotopic (exact) mass is 466 g/mol. The number of hydrogen-bond acceptors (Lipinski definition) is 8. The molecular formula is C17H18N6O4S3. The summed E-state index contributed by atoms with van der Waals surface area (Å²) in [6, 6.07) is 9.30. The first kappa shape index (κ1) is 22.0. The molecule has 158 valence electrons. The van der Waals surface area contributed by atoms with Crippen molar-refractivity contribution in [1.82, 2.24) is 14.8 Å². The van der Waals surface area contributed by atoms with Crippen molar-refractivity contribution in [2.24, 2.45) is 10.9 Å². The number of nitrogens with zero attached hydrogens (tertiary/aromatic N) is 3. The fourth-order valence-electron chi connectivity index (χ4n) is 2.46. The molecule has 0 aliphatic heterocycles. The first-order chi connectivity index (χ1) is 14.2. The van der Waals surface area contributed by atoms with Gasteiger partial charge < -0.3 is 15.6 Å². The number of primary sulfonamides is 1. The van der Waals surface area contributed by atoms with E-state index >= 15 is 0 Å². The first-order valence-electron chi connectivity index (χ1n) is 8.55. The lowest BCUT2D eigenvalue weighted by atomic mass is 10.3. The number of sulfonamides is 1. The van der Waals surface area contributed by atoms with Crippen molar-refractivity contribution >= 4 is 50.6 Å². The highest BCUT2D eigenvalue weighted by molar-refractivity contribution is 7.99. The molecule has 30 heavy (non-hydrogen) atoms. The largest absolute Gasteiger partial charge is 0.370 e. The molecule has 0 bridgehead atoms. The number of hydrogen-bond donors (Lipinski definition) is 3. The topological polar surface area (TPSA) is 163 Å². The molecule has 0 atom stereocenters. The van der Waals surface area contributed by atoms with Crippen LogP contribution in [0.3, 0.4) is 0 Å². The predicted octanol–water partition coefficient (Wildman–Crippen LogP) is 1.26. The Morgan fingerprint density at radius 3 is 2.50 bits per heavy atom. The molecule has 0 aliphatic rings. The van der Waals surface area contributed by atoms with Crippen molar-refractivity contribution in [3.63, 3.8) is 0 Å². The van der Waals surface area contributed by atoms with Gasteiger partial charge in [-0.3, -0.25) is 9.59 Å². The third kappa shape index (κ3) is 5.66. The Morgan fingerprint density at radius 1 is 1.17 bits per heavy atom. The van der Waals surface area contributed by atoms with E-state index in [0.717, 1.165) is 4.88 Å². The fraction of sp³-hybridized carbons (Fsp3) is 0.176. The van der Waals surface area contributed by atoms with Crippen LogP contribution < -0.4 is 16.2 Å². The van der Waals surface area contributed by atoms with Gasteiger partial charge in [0.05, 0.1) is 15.5 Å². The number of nitrogens with two attached hydrogens (primary N) is 2. The van der Waals surface area contributed by atoms with Gasteiger partial charge in [0.15, 0.2) is 11.0 Å². The Balaban J connectivity index is 1.67. The Labute approximate surface area is 180 Å². The Bertz CT molecular complexity index is 1140. The smallest absolute Gasteiger partial charge is 0.238 e. The summed E-state index contributed by atoms with van der Waals surface area (Å²) in [5.41, 5.74) is 5.70. The lowest BCUT2D eigenvalue weighted by Gasteiger charge is -2.09. The summed E-state index contributed by atoms with van der Waals surface area (Å²) in [6.45, 7) is 0.300. The average Bonchev–Trinajstić information content (AvgIpc) is 3.34. The molecule has 0 radical (unpaired) electrons. The number of carbonyl (C=O) groups excluding carboxylic acids is 2. The van der Waals surface area contributed by atoms with Crippen LogP contribution in [0.1, 0.15) is 6.42 Å². The molecule has 2 amide bonds. The van der Waals surface area contributed by atoms with E-state index in [1.165, 1.54) is 47.4 Å². The molecule has 0 saturated heterocycles. The van der Waals surface area contributed by atoms with Crippen LogP contribution in [0.4, 0.5) is 5.69 Å². The van der Waals surface area contributed by atoms with Crippen LogP contribution in [0, 0.1) is 0 Å². The van der Waals surface area contributed by atoms with Gasteiger partial charge in [0.1, 0.15) is 0 Å². The zero-order valence-corrected chi connectivity index (χ0v) is 18.0. The van der Waals surface area contributed by atoms with Crippen molar-refractivity contribution in [2.75, 3.05) is 11.1 Å². The fourth-order valence-corrected chi connectivity index (χ4v) is 4.46. The summed E-state index contributed by atoms with van der Waals surface area (Å²) in [7, 11) is -3.79. The first-order valence-corrected chi connectivity index (χ1v) is 12.0. The van der Waals surface area contributed by atoms with E-state index in [-0.39, 0.29) is 23.0 Å². The highest BCUT2D eigenvalue weighted by Gasteiger charge is 2.17. The van der Waals surface area contributed by atoms with E-state index in [2.05, 4.69) is 15.5 Å². The molecule has 10 nitrogen and oxygen atoms in total. The predicted molar refractivity (Wildman–Crippen MR) is 114 cm³/mol. The zero-order chi connectivity index (χ0) is 21.7. The van der Waals surface area contributed by atoms with Crippen molar-refractivity contribution in [3.05, 3.63) is 41.8 Å². The molecule has 0 saturated carbocycles. The second-order valence-corrected chi connectivity index (χ2v) is 9.51. The van der Waals surface area contributed by atoms with Gasteiger partial charge in [-0.25, -0.2) is 13.6 Å². The third-order valence-corrected chi connectivity index (χ3v) is 6.60. The second kappa shape index (κ2) is 9.38. The lowest BCUT2D eigenvalue weighted by molar-refractivity contribution is -0.118. The van der Waals surface area contributed by atoms with Gasteiger partial charge in [0.25, 0.3) is 0 Å².